The fourth-order valence-corrected chi connectivity index (χ4v) is 4.24. The minimum absolute atomic E-state index is 0.0567. The minimum atomic E-state index is -4.04. The maximum absolute atomic E-state index is 14.4. The van der Waals surface area contributed by atoms with Crippen LogP contribution in [0.25, 0.3) is 0 Å². The number of benzene rings is 2. The molecule has 158 valence electrons. The lowest BCUT2D eigenvalue weighted by atomic mass is 9.95. The summed E-state index contributed by atoms with van der Waals surface area (Å²) < 4.78 is 44.9. The number of sulfonamides is 1. The Hall–Kier alpha value is -2.89. The Morgan fingerprint density at radius 1 is 1.20 bits per heavy atom. The van der Waals surface area contributed by atoms with Gasteiger partial charge in [0.25, 0.3) is 15.9 Å². The van der Waals surface area contributed by atoms with Crippen molar-refractivity contribution < 1.29 is 17.6 Å². The smallest absolute Gasteiger partial charge is 0.263 e. The molecule has 0 aliphatic heterocycles. The van der Waals surface area contributed by atoms with Gasteiger partial charge in [-0.05, 0) is 43.2 Å². The highest BCUT2D eigenvalue weighted by molar-refractivity contribution is 7.93. The Morgan fingerprint density at radius 2 is 1.90 bits per heavy atom. The van der Waals surface area contributed by atoms with Crippen LogP contribution in [-0.4, -0.2) is 23.7 Å². The largest absolute Gasteiger partial charge is 0.348 e. The van der Waals surface area contributed by atoms with E-state index in [0.717, 1.165) is 40.9 Å². The normalized spacial score (nSPS) is 11.9. The molecule has 0 spiro atoms. The monoisotopic (exact) mass is 449 g/mol. The van der Waals surface area contributed by atoms with E-state index in [-0.39, 0.29) is 22.1 Å². The van der Waals surface area contributed by atoms with Crippen LogP contribution in [0.3, 0.4) is 0 Å². The Balaban J connectivity index is 1.68. The Kier molecular flexibility index (Phi) is 6.15. The molecule has 4 N–H and O–H groups in total. The van der Waals surface area contributed by atoms with Gasteiger partial charge in [0.1, 0.15) is 12.1 Å². The number of carbonyl (C=O) groups excluding carboxylic acids is 1. The van der Waals surface area contributed by atoms with Crippen molar-refractivity contribution in [2.24, 2.45) is 5.73 Å². The summed E-state index contributed by atoms with van der Waals surface area (Å²) >= 11 is 0.847. The highest BCUT2D eigenvalue weighted by Crippen LogP contribution is 2.20. The number of nitrogens with two attached hydrogens (primary N) is 1. The average molecular weight is 450 g/mol. The second-order valence-corrected chi connectivity index (χ2v) is 9.56. The van der Waals surface area contributed by atoms with Crippen molar-refractivity contribution in [3.05, 3.63) is 71.3 Å². The number of aromatic nitrogens is 2. The van der Waals surface area contributed by atoms with E-state index in [4.69, 9.17) is 5.73 Å². The molecule has 1 amide bonds. The van der Waals surface area contributed by atoms with E-state index in [1.54, 1.807) is 0 Å². The fourth-order valence-electron chi connectivity index (χ4n) is 2.57. The van der Waals surface area contributed by atoms with Crippen LogP contribution in [0.4, 0.5) is 9.52 Å². The number of halogens is 1. The number of hydrogen-bond acceptors (Lipinski definition) is 7. The summed E-state index contributed by atoms with van der Waals surface area (Å²) in [4.78, 5) is 15.7. The second kappa shape index (κ2) is 8.46. The molecule has 3 aromatic rings. The number of hydrogen-bond donors (Lipinski definition) is 3. The molecule has 1 heterocycles. The van der Waals surface area contributed by atoms with Gasteiger partial charge in [-0.3, -0.25) is 9.52 Å². The van der Waals surface area contributed by atoms with Gasteiger partial charge in [-0.1, -0.05) is 24.3 Å². The highest BCUT2D eigenvalue weighted by Gasteiger charge is 2.20. The van der Waals surface area contributed by atoms with Gasteiger partial charge in [-0.2, -0.15) is 4.37 Å². The van der Waals surface area contributed by atoms with Crippen LogP contribution in [0.1, 0.15) is 35.3 Å². The molecule has 0 saturated heterocycles. The molecule has 0 aliphatic rings. The predicted octanol–water partition coefficient (Wildman–Crippen LogP) is 2.60. The summed E-state index contributed by atoms with van der Waals surface area (Å²) in [6.07, 6.45) is 1.20. The summed E-state index contributed by atoms with van der Waals surface area (Å²) in [6.45, 7) is 3.96. The molecule has 0 saturated carbocycles. The van der Waals surface area contributed by atoms with Crippen molar-refractivity contribution in [3.63, 3.8) is 0 Å². The van der Waals surface area contributed by atoms with Gasteiger partial charge >= 0.3 is 0 Å². The molecule has 0 fully saturated rings. The lowest BCUT2D eigenvalue weighted by Crippen LogP contribution is -2.28. The number of nitrogens with one attached hydrogen (secondary N) is 2. The number of carbonyl (C=O) groups is 1. The zero-order valence-corrected chi connectivity index (χ0v) is 17.8. The average Bonchev–Trinajstić information content (AvgIpc) is 3.18. The highest BCUT2D eigenvalue weighted by atomic mass is 32.2. The van der Waals surface area contributed by atoms with Crippen molar-refractivity contribution in [1.82, 2.24) is 14.7 Å². The Morgan fingerprint density at radius 3 is 2.47 bits per heavy atom. The molecule has 2 aromatic carbocycles. The lowest BCUT2D eigenvalue weighted by Gasteiger charge is -2.19. The molecule has 1 aromatic heterocycles. The third kappa shape index (κ3) is 5.17. The molecule has 0 aliphatic carbocycles. The molecule has 30 heavy (non-hydrogen) atoms. The van der Waals surface area contributed by atoms with Crippen molar-refractivity contribution >= 4 is 32.6 Å². The van der Waals surface area contributed by atoms with Gasteiger partial charge in [-0.15, -0.1) is 0 Å². The Bertz CT molecular complexity index is 1140. The van der Waals surface area contributed by atoms with E-state index in [9.17, 15) is 17.6 Å². The summed E-state index contributed by atoms with van der Waals surface area (Å²) in [5, 5.41) is 2.67. The van der Waals surface area contributed by atoms with Gasteiger partial charge in [0.2, 0.25) is 5.13 Å². The van der Waals surface area contributed by atoms with Gasteiger partial charge in [0.05, 0.1) is 10.5 Å². The summed E-state index contributed by atoms with van der Waals surface area (Å²) in [6, 6.07) is 10.5. The van der Waals surface area contributed by atoms with Gasteiger partial charge in [0.15, 0.2) is 0 Å². The first-order valence-corrected chi connectivity index (χ1v) is 11.1. The van der Waals surface area contributed by atoms with E-state index in [1.807, 2.05) is 38.1 Å². The number of anilines is 1. The maximum atomic E-state index is 14.4. The zero-order valence-electron chi connectivity index (χ0n) is 16.2. The summed E-state index contributed by atoms with van der Waals surface area (Å²) in [5.74, 6) is -1.61. The quantitative estimate of drug-likeness (QED) is 0.509. The van der Waals surface area contributed by atoms with Gasteiger partial charge in [-0.25, -0.2) is 17.8 Å². The molecule has 0 radical (unpaired) electrons. The third-order valence-electron chi connectivity index (χ3n) is 4.23. The minimum Gasteiger partial charge on any atom is -0.348 e. The first-order chi connectivity index (χ1) is 14.1. The van der Waals surface area contributed by atoms with E-state index in [0.29, 0.717) is 0 Å². The van der Waals surface area contributed by atoms with Gasteiger partial charge < -0.3 is 11.1 Å². The number of rotatable bonds is 7. The summed E-state index contributed by atoms with van der Waals surface area (Å²) in [5.41, 5.74) is 7.07. The first kappa shape index (κ1) is 21.8. The fraction of sp³-hybridized carbons (Fsp3) is 0.211. The molecule has 8 nitrogen and oxygen atoms in total. The lowest BCUT2D eigenvalue weighted by molar-refractivity contribution is 0.0946. The molecular formula is C19H20FN5O3S2. The van der Waals surface area contributed by atoms with Crippen LogP contribution in [0.5, 0.6) is 0 Å². The van der Waals surface area contributed by atoms with E-state index >= 15 is 0 Å². The SMILES string of the molecule is CC(C)(N)c1ccc(CNC(=O)c2ccc(S(=O)(=O)Nc3ncns3)cc2F)cc1. The van der Waals surface area contributed by atoms with E-state index in [1.165, 1.54) is 6.33 Å². The standard InChI is InChI=1S/C19H20FN5O3S2/c1-19(2,21)13-5-3-12(4-6-13)10-22-17(26)15-8-7-14(9-16(15)20)30(27,28)25-18-23-11-24-29-18/h3-9,11H,10,21H2,1-2H3,(H,22,26)(H,23,24,25). The molecular weight excluding hydrogens is 429 g/mol. The third-order valence-corrected chi connectivity index (χ3v) is 6.28. The Labute approximate surface area is 177 Å². The van der Waals surface area contributed by atoms with Crippen molar-refractivity contribution in [2.45, 2.75) is 30.8 Å². The van der Waals surface area contributed by atoms with Crippen LogP contribution >= 0.6 is 11.5 Å². The van der Waals surface area contributed by atoms with Crippen molar-refractivity contribution in [3.8, 4) is 0 Å². The van der Waals surface area contributed by atoms with Crippen LogP contribution in [-0.2, 0) is 22.1 Å². The van der Waals surface area contributed by atoms with Crippen LogP contribution in [0, 0.1) is 5.82 Å². The van der Waals surface area contributed by atoms with Crippen molar-refractivity contribution in [2.75, 3.05) is 4.72 Å². The van der Waals surface area contributed by atoms with E-state index in [2.05, 4.69) is 19.4 Å². The number of amides is 1. The molecule has 0 bridgehead atoms. The van der Waals surface area contributed by atoms with Gasteiger partial charge in [0, 0.05) is 23.6 Å². The molecule has 11 heteroatoms. The predicted molar refractivity (Wildman–Crippen MR) is 112 cm³/mol. The zero-order chi connectivity index (χ0) is 21.9. The topological polar surface area (TPSA) is 127 Å². The first-order valence-electron chi connectivity index (χ1n) is 8.82. The number of nitrogens with zero attached hydrogens (tertiary/aromatic N) is 2. The maximum Gasteiger partial charge on any atom is 0.263 e. The second-order valence-electron chi connectivity index (χ2n) is 7.09. The molecule has 0 unspecified atom stereocenters. The van der Waals surface area contributed by atoms with Crippen LogP contribution in [0.15, 0.2) is 53.7 Å². The van der Waals surface area contributed by atoms with E-state index < -0.39 is 27.3 Å². The van der Waals surface area contributed by atoms with Crippen LogP contribution < -0.4 is 15.8 Å². The van der Waals surface area contributed by atoms with Crippen LogP contribution in [0.2, 0.25) is 0 Å². The molecule has 0 atom stereocenters. The van der Waals surface area contributed by atoms with Crippen molar-refractivity contribution in [1.29, 1.82) is 0 Å². The molecule has 3 rings (SSSR count). The summed E-state index contributed by atoms with van der Waals surface area (Å²) in [7, 11) is -4.04.